The first kappa shape index (κ1) is 13.5. The number of aromatic nitrogens is 3. The van der Waals surface area contributed by atoms with Crippen molar-refractivity contribution >= 4 is 23.6 Å². The van der Waals surface area contributed by atoms with Crippen LogP contribution in [-0.2, 0) is 11.3 Å². The molecule has 1 N–H and O–H groups in total. The van der Waals surface area contributed by atoms with Crippen LogP contribution in [0.1, 0.15) is 10.5 Å². The first-order chi connectivity index (χ1) is 8.04. The van der Waals surface area contributed by atoms with Crippen molar-refractivity contribution in [3.8, 4) is 0 Å². The number of nitrogens with zero attached hydrogens (tertiary/aromatic N) is 4. The van der Waals surface area contributed by atoms with Gasteiger partial charge in [-0.1, -0.05) is 5.21 Å². The highest BCUT2D eigenvalue weighted by molar-refractivity contribution is 7.98. The van der Waals surface area contributed by atoms with Crippen molar-refractivity contribution in [3.63, 3.8) is 0 Å². The molecule has 0 radical (unpaired) electrons. The molecule has 8 heteroatoms. The Kier molecular flexibility index (Phi) is 4.95. The Morgan fingerprint density at radius 1 is 1.59 bits per heavy atom. The Hall–Kier alpha value is -1.57. The predicted octanol–water partition coefficient (Wildman–Crippen LogP) is -0.202. The van der Waals surface area contributed by atoms with Gasteiger partial charge in [-0.3, -0.25) is 9.59 Å². The number of amides is 1. The minimum atomic E-state index is -1.02. The van der Waals surface area contributed by atoms with Crippen molar-refractivity contribution in [2.24, 2.45) is 0 Å². The maximum Gasteiger partial charge on any atom is 0.325 e. The molecule has 0 aliphatic carbocycles. The molecule has 0 aliphatic heterocycles. The third-order valence-electron chi connectivity index (χ3n) is 2.03. The van der Waals surface area contributed by atoms with Crippen LogP contribution in [0.15, 0.2) is 6.20 Å². The molecule has 0 aliphatic rings. The first-order valence-corrected chi connectivity index (χ1v) is 6.30. The summed E-state index contributed by atoms with van der Waals surface area (Å²) in [6.07, 6.45) is 3.30. The fourth-order valence-corrected chi connectivity index (χ4v) is 1.59. The van der Waals surface area contributed by atoms with E-state index in [1.165, 1.54) is 11.1 Å². The van der Waals surface area contributed by atoms with Crippen molar-refractivity contribution in [3.05, 3.63) is 11.9 Å². The average molecular weight is 258 g/mol. The largest absolute Gasteiger partial charge is 0.480 e. The first-order valence-electron chi connectivity index (χ1n) is 4.91. The Labute approximate surface area is 103 Å². The summed E-state index contributed by atoms with van der Waals surface area (Å²) in [5, 5.41) is 15.8. The Morgan fingerprint density at radius 2 is 2.29 bits per heavy atom. The van der Waals surface area contributed by atoms with Gasteiger partial charge in [0.25, 0.3) is 5.91 Å². The molecule has 1 aromatic heterocycles. The molecule has 1 heterocycles. The van der Waals surface area contributed by atoms with Gasteiger partial charge in [0.15, 0.2) is 5.69 Å². The quantitative estimate of drug-likeness (QED) is 0.760. The van der Waals surface area contributed by atoms with Crippen LogP contribution in [0.2, 0.25) is 0 Å². The highest BCUT2D eigenvalue weighted by Gasteiger charge is 2.15. The summed E-state index contributed by atoms with van der Waals surface area (Å²) in [5.41, 5.74) is 0.162. The lowest BCUT2D eigenvalue weighted by Crippen LogP contribution is -2.29. The minimum absolute atomic E-state index is 0.162. The van der Waals surface area contributed by atoms with E-state index in [-0.39, 0.29) is 18.1 Å². The molecule has 0 atom stereocenters. The van der Waals surface area contributed by atoms with Crippen LogP contribution < -0.4 is 0 Å². The van der Waals surface area contributed by atoms with Gasteiger partial charge in [-0.2, -0.15) is 11.8 Å². The molecule has 1 aromatic rings. The van der Waals surface area contributed by atoms with Crippen LogP contribution in [0, 0.1) is 0 Å². The molecular formula is C9H14N4O3S. The average Bonchev–Trinajstić information content (AvgIpc) is 2.72. The maximum absolute atomic E-state index is 11.8. The molecule has 0 bridgehead atoms. The third-order valence-corrected chi connectivity index (χ3v) is 2.62. The molecule has 0 saturated carbocycles. The lowest BCUT2D eigenvalue weighted by molar-refractivity contribution is -0.137. The van der Waals surface area contributed by atoms with E-state index in [1.54, 1.807) is 18.8 Å². The fourth-order valence-electron chi connectivity index (χ4n) is 1.14. The second-order valence-electron chi connectivity index (χ2n) is 3.41. The van der Waals surface area contributed by atoms with Gasteiger partial charge < -0.3 is 10.0 Å². The van der Waals surface area contributed by atoms with Crippen LogP contribution in [0.25, 0.3) is 0 Å². The highest BCUT2D eigenvalue weighted by Crippen LogP contribution is 2.01. The third kappa shape index (κ3) is 4.06. The van der Waals surface area contributed by atoms with Gasteiger partial charge >= 0.3 is 5.97 Å². The van der Waals surface area contributed by atoms with E-state index in [4.69, 9.17) is 5.11 Å². The predicted molar refractivity (Wildman–Crippen MR) is 63.0 cm³/mol. The smallest absolute Gasteiger partial charge is 0.325 e. The number of carbonyl (C=O) groups excluding carboxylic acids is 1. The van der Waals surface area contributed by atoms with Crippen LogP contribution in [0.5, 0.6) is 0 Å². The summed E-state index contributed by atoms with van der Waals surface area (Å²) in [6, 6.07) is 0. The Morgan fingerprint density at radius 3 is 2.88 bits per heavy atom. The molecule has 1 rings (SSSR count). The van der Waals surface area contributed by atoms with Gasteiger partial charge in [-0.25, -0.2) is 4.68 Å². The standard InChI is InChI=1S/C9H14N4O3S/c1-12(3-4-17-2)9(16)7-5-13(11-10-7)6-8(14)15/h5H,3-4,6H2,1-2H3,(H,14,15). The molecule has 0 spiro atoms. The Balaban J connectivity index is 2.62. The number of hydrogen-bond donors (Lipinski definition) is 1. The normalized spacial score (nSPS) is 10.2. The lowest BCUT2D eigenvalue weighted by Gasteiger charge is -2.14. The summed E-state index contributed by atoms with van der Waals surface area (Å²) in [4.78, 5) is 23.8. The van der Waals surface area contributed by atoms with Crippen molar-refractivity contribution in [2.75, 3.05) is 25.6 Å². The second kappa shape index (κ2) is 6.24. The van der Waals surface area contributed by atoms with Crippen molar-refractivity contribution in [1.82, 2.24) is 19.9 Å². The molecule has 0 unspecified atom stereocenters. The molecule has 94 valence electrons. The molecule has 0 fully saturated rings. The van der Waals surface area contributed by atoms with Gasteiger partial charge in [0.05, 0.1) is 6.20 Å². The van der Waals surface area contributed by atoms with Crippen LogP contribution in [0.3, 0.4) is 0 Å². The van der Waals surface area contributed by atoms with Gasteiger partial charge in [0.1, 0.15) is 6.54 Å². The van der Waals surface area contributed by atoms with E-state index in [0.717, 1.165) is 10.4 Å². The zero-order chi connectivity index (χ0) is 12.8. The number of aliphatic carboxylic acids is 1. The number of thioether (sulfide) groups is 1. The number of rotatable bonds is 6. The van der Waals surface area contributed by atoms with Gasteiger partial charge in [-0.05, 0) is 6.26 Å². The SMILES string of the molecule is CSCCN(C)C(=O)c1cn(CC(=O)O)nn1. The molecule has 7 nitrogen and oxygen atoms in total. The molecule has 17 heavy (non-hydrogen) atoms. The topological polar surface area (TPSA) is 88.3 Å². The van der Waals surface area contributed by atoms with E-state index in [2.05, 4.69) is 10.3 Å². The van der Waals surface area contributed by atoms with Crippen molar-refractivity contribution < 1.29 is 14.7 Å². The van der Waals surface area contributed by atoms with E-state index in [9.17, 15) is 9.59 Å². The van der Waals surface area contributed by atoms with Crippen molar-refractivity contribution in [1.29, 1.82) is 0 Å². The highest BCUT2D eigenvalue weighted by atomic mass is 32.2. The summed E-state index contributed by atoms with van der Waals surface area (Å²) < 4.78 is 1.12. The van der Waals surface area contributed by atoms with Crippen LogP contribution in [-0.4, -0.2) is 62.5 Å². The molecule has 0 saturated heterocycles. The van der Waals surface area contributed by atoms with E-state index >= 15 is 0 Å². The maximum atomic E-state index is 11.8. The molecule has 0 aromatic carbocycles. The van der Waals surface area contributed by atoms with Gasteiger partial charge in [-0.15, -0.1) is 5.10 Å². The van der Waals surface area contributed by atoms with Gasteiger partial charge in [0.2, 0.25) is 0 Å². The van der Waals surface area contributed by atoms with Crippen LogP contribution in [0.4, 0.5) is 0 Å². The zero-order valence-electron chi connectivity index (χ0n) is 9.66. The van der Waals surface area contributed by atoms with Crippen LogP contribution >= 0.6 is 11.8 Å². The Bertz CT molecular complexity index is 407. The minimum Gasteiger partial charge on any atom is -0.480 e. The van der Waals surface area contributed by atoms with E-state index in [1.807, 2.05) is 6.26 Å². The van der Waals surface area contributed by atoms with Crippen molar-refractivity contribution in [2.45, 2.75) is 6.54 Å². The fraction of sp³-hybridized carbons (Fsp3) is 0.556. The second-order valence-corrected chi connectivity index (χ2v) is 4.40. The zero-order valence-corrected chi connectivity index (χ0v) is 10.5. The number of carbonyl (C=O) groups is 2. The number of carboxylic acids is 1. The summed E-state index contributed by atoms with van der Waals surface area (Å²) in [6.45, 7) is 0.320. The monoisotopic (exact) mass is 258 g/mol. The summed E-state index contributed by atoms with van der Waals surface area (Å²) in [5.74, 6) is -0.439. The number of hydrogen-bond acceptors (Lipinski definition) is 5. The summed E-state index contributed by atoms with van der Waals surface area (Å²) >= 11 is 1.64. The number of carboxylic acid groups (broad SMARTS) is 1. The van der Waals surface area contributed by atoms with E-state index in [0.29, 0.717) is 6.54 Å². The van der Waals surface area contributed by atoms with E-state index < -0.39 is 5.97 Å². The summed E-state index contributed by atoms with van der Waals surface area (Å²) in [7, 11) is 1.68. The molecular weight excluding hydrogens is 244 g/mol. The molecule has 1 amide bonds. The van der Waals surface area contributed by atoms with Gasteiger partial charge in [0, 0.05) is 19.3 Å². The lowest BCUT2D eigenvalue weighted by atomic mass is 10.4.